The molecule has 1 N–H and O–H groups in total. The van der Waals surface area contributed by atoms with Crippen LogP contribution >= 0.6 is 23.1 Å². The van der Waals surface area contributed by atoms with Crippen molar-refractivity contribution in [2.24, 2.45) is 0 Å². The van der Waals surface area contributed by atoms with E-state index in [9.17, 15) is 18.3 Å². The smallest absolute Gasteiger partial charge is 0.322 e. The first kappa shape index (κ1) is 16.8. The predicted octanol–water partition coefficient (Wildman–Crippen LogP) is 2.68. The summed E-state index contributed by atoms with van der Waals surface area (Å²) in [4.78, 5) is 13.3. The number of carboxylic acid groups (broad SMARTS) is 1. The molecule has 118 valence electrons. The lowest BCUT2D eigenvalue weighted by atomic mass is 10.3. The Morgan fingerprint density at radius 2 is 2.14 bits per heavy atom. The van der Waals surface area contributed by atoms with Gasteiger partial charge in [-0.15, -0.1) is 23.1 Å². The number of nitrogens with zero attached hydrogens (tertiary/aromatic N) is 1. The Balaban J connectivity index is 2.47. The third-order valence-corrected chi connectivity index (χ3v) is 8.04. The van der Waals surface area contributed by atoms with Crippen LogP contribution in [0.3, 0.4) is 0 Å². The molecule has 0 radical (unpaired) electrons. The zero-order valence-electron chi connectivity index (χ0n) is 12.2. The average molecular weight is 349 g/mol. The molecule has 2 atom stereocenters. The van der Waals surface area contributed by atoms with Crippen molar-refractivity contribution in [2.75, 3.05) is 5.75 Å². The summed E-state index contributed by atoms with van der Waals surface area (Å²) in [6.07, 6.45) is 1.48. The fourth-order valence-corrected chi connectivity index (χ4v) is 7.67. The van der Waals surface area contributed by atoms with Crippen LogP contribution in [0.5, 0.6) is 0 Å². The third-order valence-electron chi connectivity index (χ3n) is 3.41. The lowest BCUT2D eigenvalue weighted by molar-refractivity contribution is -0.140. The first-order valence-electron chi connectivity index (χ1n) is 6.74. The van der Waals surface area contributed by atoms with Gasteiger partial charge in [0.2, 0.25) is 10.0 Å². The van der Waals surface area contributed by atoms with Crippen LogP contribution in [0.15, 0.2) is 11.0 Å². The number of thioether (sulfide) groups is 1. The van der Waals surface area contributed by atoms with E-state index in [4.69, 9.17) is 0 Å². The van der Waals surface area contributed by atoms with Gasteiger partial charge in [-0.3, -0.25) is 4.79 Å². The molecule has 1 aliphatic rings. The predicted molar refractivity (Wildman–Crippen MR) is 85.4 cm³/mol. The van der Waals surface area contributed by atoms with Crippen LogP contribution in [0.4, 0.5) is 0 Å². The second-order valence-electron chi connectivity index (χ2n) is 5.04. The summed E-state index contributed by atoms with van der Waals surface area (Å²) in [5.41, 5.74) is 0. The molecule has 1 fully saturated rings. The summed E-state index contributed by atoms with van der Waals surface area (Å²) in [5, 5.41) is 9.05. The van der Waals surface area contributed by atoms with Crippen LogP contribution in [-0.2, 0) is 14.8 Å². The number of aliphatic carboxylic acids is 1. The van der Waals surface area contributed by atoms with Gasteiger partial charge in [0.05, 0.1) is 10.3 Å². The first-order chi connectivity index (χ1) is 9.78. The Bertz CT molecular complexity index is 638. The van der Waals surface area contributed by atoms with Crippen LogP contribution in [-0.4, -0.2) is 41.0 Å². The van der Waals surface area contributed by atoms with E-state index in [2.05, 4.69) is 0 Å². The first-order valence-corrected chi connectivity index (χ1v) is 10.0. The Hall–Kier alpha value is -0.570. The van der Waals surface area contributed by atoms with E-state index in [-0.39, 0.29) is 10.3 Å². The van der Waals surface area contributed by atoms with Crippen LogP contribution in [0.25, 0.3) is 0 Å². The zero-order valence-corrected chi connectivity index (χ0v) is 14.6. The summed E-state index contributed by atoms with van der Waals surface area (Å²) in [5.74, 6) is -0.768. The minimum Gasteiger partial charge on any atom is -0.480 e. The quantitative estimate of drug-likeness (QED) is 0.884. The third kappa shape index (κ3) is 3.13. The van der Waals surface area contributed by atoms with Crippen molar-refractivity contribution in [3.63, 3.8) is 0 Å². The Morgan fingerprint density at radius 1 is 1.48 bits per heavy atom. The van der Waals surface area contributed by atoms with E-state index in [0.29, 0.717) is 17.1 Å². The molecule has 0 aromatic carbocycles. The minimum atomic E-state index is -3.77. The van der Waals surface area contributed by atoms with Gasteiger partial charge in [-0.05, 0) is 26.3 Å². The molecule has 0 amide bonds. The van der Waals surface area contributed by atoms with Gasteiger partial charge >= 0.3 is 5.97 Å². The Labute approximate surface area is 133 Å². The molecule has 8 heteroatoms. The number of aryl methyl sites for hydroxylation is 2. The second-order valence-corrected chi connectivity index (χ2v) is 9.53. The topological polar surface area (TPSA) is 74.7 Å². The van der Waals surface area contributed by atoms with Gasteiger partial charge in [0, 0.05) is 15.5 Å². The van der Waals surface area contributed by atoms with Crippen LogP contribution < -0.4 is 0 Å². The van der Waals surface area contributed by atoms with Gasteiger partial charge in [0.15, 0.2) is 0 Å². The molecule has 0 bridgehead atoms. The zero-order chi connectivity index (χ0) is 15.8. The molecule has 21 heavy (non-hydrogen) atoms. The van der Waals surface area contributed by atoms with E-state index in [0.717, 1.165) is 11.3 Å². The number of sulfonamides is 1. The summed E-state index contributed by atoms with van der Waals surface area (Å²) >= 11 is 2.83. The van der Waals surface area contributed by atoms with Crippen molar-refractivity contribution in [3.05, 3.63) is 15.8 Å². The lowest BCUT2D eigenvalue weighted by Crippen LogP contribution is -2.45. The molecule has 2 unspecified atom stereocenters. The number of carboxylic acids is 1. The van der Waals surface area contributed by atoms with E-state index < -0.39 is 22.0 Å². The fourth-order valence-electron chi connectivity index (χ4n) is 2.49. The molecule has 1 aliphatic heterocycles. The van der Waals surface area contributed by atoms with Gasteiger partial charge < -0.3 is 5.11 Å². The van der Waals surface area contributed by atoms with Gasteiger partial charge in [0.25, 0.3) is 0 Å². The minimum absolute atomic E-state index is 0.250. The van der Waals surface area contributed by atoms with E-state index >= 15 is 0 Å². The number of thiophene rings is 1. The maximum absolute atomic E-state index is 12.9. The average Bonchev–Trinajstić information content (AvgIpc) is 2.94. The second kappa shape index (κ2) is 6.28. The van der Waals surface area contributed by atoms with Gasteiger partial charge in [-0.25, -0.2) is 8.42 Å². The van der Waals surface area contributed by atoms with E-state index in [1.807, 2.05) is 13.8 Å². The van der Waals surface area contributed by atoms with Gasteiger partial charge in [-0.2, -0.15) is 4.31 Å². The number of rotatable bonds is 5. The monoisotopic (exact) mass is 349 g/mol. The molecule has 0 aliphatic carbocycles. The van der Waals surface area contributed by atoms with Gasteiger partial charge in [-0.1, -0.05) is 13.3 Å². The molecule has 1 aromatic heterocycles. The highest BCUT2D eigenvalue weighted by Gasteiger charge is 2.46. The highest BCUT2D eigenvalue weighted by Crippen LogP contribution is 2.39. The maximum Gasteiger partial charge on any atom is 0.322 e. The molecular formula is C13H19NO4S3. The molecule has 2 heterocycles. The molecule has 0 saturated carbocycles. The number of hydrogen-bond acceptors (Lipinski definition) is 5. The van der Waals surface area contributed by atoms with Gasteiger partial charge in [0.1, 0.15) is 6.04 Å². The van der Waals surface area contributed by atoms with Crippen LogP contribution in [0.1, 0.15) is 29.5 Å². The van der Waals surface area contributed by atoms with Crippen molar-refractivity contribution < 1.29 is 18.3 Å². The Kier molecular flexibility index (Phi) is 5.02. The normalized spacial score (nSPS) is 23.6. The molecular weight excluding hydrogens is 330 g/mol. The maximum atomic E-state index is 12.9. The van der Waals surface area contributed by atoms with E-state index in [1.165, 1.54) is 27.4 Å². The molecule has 2 rings (SSSR count). The summed E-state index contributed by atoms with van der Waals surface area (Å²) in [6, 6.07) is 0.663. The van der Waals surface area contributed by atoms with Crippen LogP contribution in [0, 0.1) is 13.8 Å². The lowest BCUT2D eigenvalue weighted by Gasteiger charge is -2.26. The molecule has 1 saturated heterocycles. The summed E-state index contributed by atoms with van der Waals surface area (Å²) in [7, 11) is -3.77. The molecule has 5 nitrogen and oxygen atoms in total. The largest absolute Gasteiger partial charge is 0.480 e. The van der Waals surface area contributed by atoms with Crippen molar-refractivity contribution in [1.82, 2.24) is 4.31 Å². The number of carbonyl (C=O) groups is 1. The van der Waals surface area contributed by atoms with Crippen molar-refractivity contribution in [2.45, 2.75) is 49.9 Å². The SMILES string of the molecule is CCCC1SCC(C(=O)O)N1S(=O)(=O)c1cc(C)sc1C. The summed E-state index contributed by atoms with van der Waals surface area (Å²) < 4.78 is 27.1. The number of hydrogen-bond donors (Lipinski definition) is 1. The summed E-state index contributed by atoms with van der Waals surface area (Å²) in [6.45, 7) is 5.59. The van der Waals surface area contributed by atoms with Crippen LogP contribution in [0.2, 0.25) is 0 Å². The van der Waals surface area contributed by atoms with Crippen molar-refractivity contribution >= 4 is 39.1 Å². The van der Waals surface area contributed by atoms with Crippen molar-refractivity contribution in [1.29, 1.82) is 0 Å². The highest BCUT2D eigenvalue weighted by molar-refractivity contribution is 8.01. The standard InChI is InChI=1S/C13H19NO4S3/c1-4-5-12-14(10(7-19-12)13(15)16)21(17,18)11-6-8(2)20-9(11)3/h6,10,12H,4-5,7H2,1-3H3,(H,15,16). The van der Waals surface area contributed by atoms with Crippen molar-refractivity contribution in [3.8, 4) is 0 Å². The fraction of sp³-hybridized carbons (Fsp3) is 0.615. The molecule has 0 spiro atoms. The van der Waals surface area contributed by atoms with E-state index in [1.54, 1.807) is 13.0 Å². The highest BCUT2D eigenvalue weighted by atomic mass is 32.2. The molecule has 1 aromatic rings. The Morgan fingerprint density at radius 3 is 2.62 bits per heavy atom.